The monoisotopic (exact) mass is 358 g/mol. The van der Waals surface area contributed by atoms with Gasteiger partial charge in [-0.05, 0) is 30.2 Å². The van der Waals surface area contributed by atoms with Gasteiger partial charge in [0, 0.05) is 37.6 Å². The summed E-state index contributed by atoms with van der Waals surface area (Å²) in [5.74, 6) is 1.04. The van der Waals surface area contributed by atoms with Crippen molar-refractivity contribution in [3.05, 3.63) is 59.1 Å². The van der Waals surface area contributed by atoms with Gasteiger partial charge in [-0.1, -0.05) is 41.9 Å². The van der Waals surface area contributed by atoms with Gasteiger partial charge in [-0.25, -0.2) is 0 Å². The summed E-state index contributed by atoms with van der Waals surface area (Å²) in [7, 11) is 1.66. The number of anilines is 1. The number of rotatable bonds is 5. The Morgan fingerprint density at radius 1 is 1.08 bits per heavy atom. The number of methoxy groups -OCH3 is 1. The zero-order chi connectivity index (χ0) is 17.6. The first-order valence-electron chi connectivity index (χ1n) is 8.57. The molecule has 0 unspecified atom stereocenters. The Kier molecular flexibility index (Phi) is 5.82. The third-order valence-electron chi connectivity index (χ3n) is 4.58. The van der Waals surface area contributed by atoms with E-state index in [-0.39, 0.29) is 5.91 Å². The van der Waals surface area contributed by atoms with Gasteiger partial charge < -0.3 is 14.5 Å². The Balaban J connectivity index is 1.55. The van der Waals surface area contributed by atoms with Gasteiger partial charge in [-0.2, -0.15) is 0 Å². The molecule has 1 aliphatic rings. The highest BCUT2D eigenvalue weighted by molar-refractivity contribution is 6.30. The Labute approximate surface area is 154 Å². The summed E-state index contributed by atoms with van der Waals surface area (Å²) >= 11 is 6.12. The van der Waals surface area contributed by atoms with Gasteiger partial charge in [0.05, 0.1) is 12.8 Å². The molecule has 1 aliphatic heterocycles. The van der Waals surface area contributed by atoms with Crippen LogP contribution in [0.3, 0.4) is 0 Å². The topological polar surface area (TPSA) is 32.8 Å². The zero-order valence-corrected chi connectivity index (χ0v) is 15.2. The molecular weight excluding hydrogens is 336 g/mol. The molecule has 0 bridgehead atoms. The summed E-state index contributed by atoms with van der Waals surface area (Å²) in [6, 6.07) is 15.8. The summed E-state index contributed by atoms with van der Waals surface area (Å²) < 4.78 is 5.43. The van der Waals surface area contributed by atoms with Crippen molar-refractivity contribution >= 4 is 23.2 Å². The predicted molar refractivity (Wildman–Crippen MR) is 102 cm³/mol. The van der Waals surface area contributed by atoms with Crippen molar-refractivity contribution in [1.29, 1.82) is 0 Å². The van der Waals surface area contributed by atoms with Crippen LogP contribution in [0.5, 0.6) is 5.75 Å². The van der Waals surface area contributed by atoms with Gasteiger partial charge in [0.1, 0.15) is 5.75 Å². The summed E-state index contributed by atoms with van der Waals surface area (Å²) in [6.07, 6.45) is 1.35. The van der Waals surface area contributed by atoms with Crippen LogP contribution in [-0.2, 0) is 11.2 Å². The average molecular weight is 359 g/mol. The molecule has 0 aromatic heterocycles. The number of ether oxygens (including phenoxy) is 1. The first kappa shape index (κ1) is 17.6. The zero-order valence-electron chi connectivity index (χ0n) is 14.5. The van der Waals surface area contributed by atoms with E-state index in [4.69, 9.17) is 16.3 Å². The lowest BCUT2D eigenvalue weighted by atomic mass is 10.1. The van der Waals surface area contributed by atoms with Gasteiger partial charge in [-0.15, -0.1) is 0 Å². The molecule has 0 radical (unpaired) electrons. The molecule has 1 amide bonds. The predicted octanol–water partition coefficient (Wildman–Crippen LogP) is 3.63. The van der Waals surface area contributed by atoms with Crippen LogP contribution in [0, 0.1) is 0 Å². The Morgan fingerprint density at radius 3 is 2.48 bits per heavy atom. The van der Waals surface area contributed by atoms with Crippen LogP contribution in [0.1, 0.15) is 12.0 Å². The molecule has 25 heavy (non-hydrogen) atoms. The van der Waals surface area contributed by atoms with Crippen molar-refractivity contribution < 1.29 is 9.53 Å². The Hall–Kier alpha value is -2.20. The van der Waals surface area contributed by atoms with E-state index < -0.39 is 0 Å². The third-order valence-corrected chi connectivity index (χ3v) is 4.82. The highest BCUT2D eigenvalue weighted by Gasteiger charge is 2.23. The van der Waals surface area contributed by atoms with Crippen LogP contribution in [0.4, 0.5) is 5.69 Å². The molecule has 3 rings (SSSR count). The van der Waals surface area contributed by atoms with Crippen LogP contribution in [0.15, 0.2) is 48.5 Å². The maximum Gasteiger partial charge on any atom is 0.223 e. The van der Waals surface area contributed by atoms with Crippen LogP contribution >= 0.6 is 11.6 Å². The lowest BCUT2D eigenvalue weighted by Gasteiger charge is -2.36. The molecule has 0 aliphatic carbocycles. The fourth-order valence-corrected chi connectivity index (χ4v) is 3.33. The number of aryl methyl sites for hydroxylation is 1. The van der Waals surface area contributed by atoms with E-state index in [9.17, 15) is 4.79 Å². The van der Waals surface area contributed by atoms with E-state index in [1.54, 1.807) is 7.11 Å². The lowest BCUT2D eigenvalue weighted by molar-refractivity contribution is -0.131. The molecule has 0 spiro atoms. The van der Waals surface area contributed by atoms with Crippen molar-refractivity contribution in [2.24, 2.45) is 0 Å². The number of hydrogen-bond acceptors (Lipinski definition) is 3. The number of amides is 1. The van der Waals surface area contributed by atoms with Crippen LogP contribution in [0.2, 0.25) is 5.02 Å². The van der Waals surface area contributed by atoms with E-state index in [0.29, 0.717) is 11.4 Å². The summed E-state index contributed by atoms with van der Waals surface area (Å²) in [4.78, 5) is 16.6. The SMILES string of the molecule is COc1ccc(Cl)cc1N1CCN(C(=O)CCc2ccccc2)CC1. The normalized spacial score (nSPS) is 14.5. The molecule has 1 saturated heterocycles. The van der Waals surface area contributed by atoms with Crippen molar-refractivity contribution in [2.75, 3.05) is 38.2 Å². The number of piperazine rings is 1. The average Bonchev–Trinajstić information content (AvgIpc) is 2.67. The molecule has 0 saturated carbocycles. The lowest BCUT2D eigenvalue weighted by Crippen LogP contribution is -2.49. The van der Waals surface area contributed by atoms with Gasteiger partial charge in [0.2, 0.25) is 5.91 Å². The molecule has 2 aromatic carbocycles. The molecule has 1 heterocycles. The molecule has 132 valence electrons. The summed E-state index contributed by atoms with van der Waals surface area (Å²) in [6.45, 7) is 3.02. The number of nitrogens with zero attached hydrogens (tertiary/aromatic N) is 2. The summed E-state index contributed by atoms with van der Waals surface area (Å²) in [5.41, 5.74) is 2.20. The van der Waals surface area contributed by atoms with Crippen molar-refractivity contribution in [3.63, 3.8) is 0 Å². The van der Waals surface area contributed by atoms with Gasteiger partial charge in [0.25, 0.3) is 0 Å². The van der Waals surface area contributed by atoms with Crippen LogP contribution < -0.4 is 9.64 Å². The molecule has 1 fully saturated rings. The fraction of sp³-hybridized carbons (Fsp3) is 0.350. The number of hydrogen-bond donors (Lipinski definition) is 0. The quantitative estimate of drug-likeness (QED) is 0.818. The van der Waals surface area contributed by atoms with Gasteiger partial charge in [-0.3, -0.25) is 4.79 Å². The fourth-order valence-electron chi connectivity index (χ4n) is 3.16. The number of carbonyl (C=O) groups excluding carboxylic acids is 1. The number of benzene rings is 2. The van der Waals surface area contributed by atoms with Gasteiger partial charge in [0.15, 0.2) is 0 Å². The van der Waals surface area contributed by atoms with E-state index in [1.165, 1.54) is 5.56 Å². The maximum absolute atomic E-state index is 12.5. The van der Waals surface area contributed by atoms with Crippen molar-refractivity contribution in [1.82, 2.24) is 4.90 Å². The number of halogens is 1. The third kappa shape index (κ3) is 4.45. The second kappa shape index (κ2) is 8.26. The minimum atomic E-state index is 0.224. The van der Waals surface area contributed by atoms with E-state index >= 15 is 0 Å². The van der Waals surface area contributed by atoms with E-state index in [2.05, 4.69) is 17.0 Å². The largest absolute Gasteiger partial charge is 0.495 e. The molecule has 0 atom stereocenters. The molecule has 5 heteroatoms. The highest BCUT2D eigenvalue weighted by atomic mass is 35.5. The van der Waals surface area contributed by atoms with Crippen molar-refractivity contribution in [3.8, 4) is 5.75 Å². The second-order valence-electron chi connectivity index (χ2n) is 6.17. The maximum atomic E-state index is 12.5. The first-order chi connectivity index (χ1) is 12.2. The molecule has 2 aromatic rings. The smallest absolute Gasteiger partial charge is 0.223 e. The van der Waals surface area contributed by atoms with Gasteiger partial charge >= 0.3 is 0 Å². The minimum Gasteiger partial charge on any atom is -0.495 e. The standard InChI is InChI=1S/C20H23ClN2O2/c1-25-19-9-8-17(21)15-18(19)22-11-13-23(14-12-22)20(24)10-7-16-5-3-2-4-6-16/h2-6,8-9,15H,7,10-14H2,1H3. The van der Waals surface area contributed by atoms with E-state index in [0.717, 1.165) is 44.0 Å². The van der Waals surface area contributed by atoms with Crippen LogP contribution in [-0.4, -0.2) is 44.1 Å². The molecule has 4 nitrogen and oxygen atoms in total. The second-order valence-corrected chi connectivity index (χ2v) is 6.61. The Morgan fingerprint density at radius 2 is 1.80 bits per heavy atom. The molecular formula is C20H23ClN2O2. The summed E-state index contributed by atoms with van der Waals surface area (Å²) in [5, 5.41) is 0.692. The van der Waals surface area contributed by atoms with Crippen LogP contribution in [0.25, 0.3) is 0 Å². The highest BCUT2D eigenvalue weighted by Crippen LogP contribution is 2.31. The molecule has 0 N–H and O–H groups in total. The van der Waals surface area contributed by atoms with Crippen molar-refractivity contribution in [2.45, 2.75) is 12.8 Å². The Bertz CT molecular complexity index is 713. The number of carbonyl (C=O) groups is 1. The van der Waals surface area contributed by atoms with E-state index in [1.807, 2.05) is 41.3 Å². The first-order valence-corrected chi connectivity index (χ1v) is 8.95. The minimum absolute atomic E-state index is 0.224.